The van der Waals surface area contributed by atoms with Gasteiger partial charge in [-0.1, -0.05) is 20.8 Å². The molecule has 0 spiro atoms. The highest BCUT2D eigenvalue weighted by Gasteiger charge is 2.22. The van der Waals surface area contributed by atoms with Crippen molar-refractivity contribution in [2.24, 2.45) is 0 Å². The number of hydrogen-bond acceptors (Lipinski definition) is 2. The zero-order chi connectivity index (χ0) is 13.4. The molecule has 1 heterocycles. The normalized spacial score (nSPS) is 11.9. The Labute approximate surface area is 102 Å². The Kier molecular flexibility index (Phi) is 3.60. The molecule has 94 valence electrons. The summed E-state index contributed by atoms with van der Waals surface area (Å²) in [5, 5.41) is 0. The average molecular weight is 235 g/mol. The van der Waals surface area contributed by atoms with E-state index in [1.165, 1.54) is 6.92 Å². The molecule has 0 amide bonds. The number of carbonyl (C=O) groups excluding carboxylic acids is 1. The van der Waals surface area contributed by atoms with Crippen LogP contribution in [0.15, 0.2) is 16.9 Å². The SMILES string of the molecule is CC(=O)c1ccc(C(C)(C)C)n(C(C)C)c1=O. The number of hydrogen-bond donors (Lipinski definition) is 0. The zero-order valence-corrected chi connectivity index (χ0v) is 11.5. The molecule has 0 aliphatic heterocycles. The second-order valence-corrected chi connectivity index (χ2v) is 5.71. The van der Waals surface area contributed by atoms with Crippen molar-refractivity contribution in [3.8, 4) is 0 Å². The van der Waals surface area contributed by atoms with Gasteiger partial charge in [0.1, 0.15) is 0 Å². The average Bonchev–Trinajstić information content (AvgIpc) is 2.14. The van der Waals surface area contributed by atoms with Crippen molar-refractivity contribution in [1.82, 2.24) is 4.57 Å². The van der Waals surface area contributed by atoms with Crippen LogP contribution in [0.3, 0.4) is 0 Å². The fraction of sp³-hybridized carbons (Fsp3) is 0.571. The molecule has 0 aliphatic rings. The molecular formula is C14H21NO2. The minimum atomic E-state index is -0.181. The molecule has 0 aromatic carbocycles. The van der Waals surface area contributed by atoms with Gasteiger partial charge in [-0.25, -0.2) is 0 Å². The van der Waals surface area contributed by atoms with Crippen molar-refractivity contribution in [3.05, 3.63) is 33.7 Å². The number of rotatable bonds is 2. The molecule has 0 fully saturated rings. The lowest BCUT2D eigenvalue weighted by molar-refractivity contribution is 0.101. The van der Waals surface area contributed by atoms with Gasteiger partial charge in [0.2, 0.25) is 0 Å². The maximum Gasteiger partial charge on any atom is 0.261 e. The standard InChI is InChI=1S/C14H21NO2/c1-9(2)15-12(14(4,5)6)8-7-11(10(3)16)13(15)17/h7-9H,1-6H3. The zero-order valence-electron chi connectivity index (χ0n) is 11.5. The van der Waals surface area contributed by atoms with E-state index in [-0.39, 0.29) is 28.4 Å². The Morgan fingerprint density at radius 2 is 1.76 bits per heavy atom. The van der Waals surface area contributed by atoms with E-state index in [0.717, 1.165) is 5.69 Å². The number of carbonyl (C=O) groups is 1. The van der Waals surface area contributed by atoms with E-state index in [1.54, 1.807) is 10.6 Å². The molecule has 0 N–H and O–H groups in total. The minimum Gasteiger partial charge on any atom is -0.309 e. The smallest absolute Gasteiger partial charge is 0.261 e. The lowest BCUT2D eigenvalue weighted by Gasteiger charge is -2.26. The molecule has 3 heteroatoms. The molecule has 0 aliphatic carbocycles. The molecule has 3 nitrogen and oxygen atoms in total. The summed E-state index contributed by atoms with van der Waals surface area (Å²) in [7, 11) is 0. The Bertz CT molecular complexity index is 490. The van der Waals surface area contributed by atoms with Crippen molar-refractivity contribution in [2.45, 2.75) is 53.0 Å². The van der Waals surface area contributed by atoms with Gasteiger partial charge in [0.15, 0.2) is 5.78 Å². The molecule has 0 radical (unpaired) electrons. The molecule has 0 atom stereocenters. The monoisotopic (exact) mass is 235 g/mol. The Balaban J connectivity index is 3.63. The number of Topliss-reactive ketones (excluding diaryl/α,β-unsaturated/α-hetero) is 1. The third kappa shape index (κ3) is 2.65. The van der Waals surface area contributed by atoms with Gasteiger partial charge in [-0.3, -0.25) is 9.59 Å². The predicted molar refractivity (Wildman–Crippen MR) is 69.8 cm³/mol. The van der Waals surface area contributed by atoms with Crippen molar-refractivity contribution < 1.29 is 4.79 Å². The van der Waals surface area contributed by atoms with E-state index in [1.807, 2.05) is 19.9 Å². The van der Waals surface area contributed by atoms with Crippen LogP contribution >= 0.6 is 0 Å². The lowest BCUT2D eigenvalue weighted by atomic mass is 9.90. The van der Waals surface area contributed by atoms with Gasteiger partial charge in [-0.2, -0.15) is 0 Å². The van der Waals surface area contributed by atoms with Crippen LogP contribution in [0.1, 0.15) is 63.6 Å². The summed E-state index contributed by atoms with van der Waals surface area (Å²) in [6, 6.07) is 3.58. The molecule has 0 bridgehead atoms. The highest BCUT2D eigenvalue weighted by Crippen LogP contribution is 2.23. The van der Waals surface area contributed by atoms with Crippen LogP contribution in [0.4, 0.5) is 0 Å². The molecule has 1 aromatic heterocycles. The van der Waals surface area contributed by atoms with Crippen molar-refractivity contribution in [3.63, 3.8) is 0 Å². The third-order valence-electron chi connectivity index (χ3n) is 2.78. The molecule has 1 rings (SSSR count). The van der Waals surface area contributed by atoms with Crippen LogP contribution in [-0.4, -0.2) is 10.4 Å². The van der Waals surface area contributed by atoms with E-state index >= 15 is 0 Å². The van der Waals surface area contributed by atoms with Crippen molar-refractivity contribution >= 4 is 5.78 Å². The minimum absolute atomic E-state index is 0.0519. The van der Waals surface area contributed by atoms with Crippen LogP contribution < -0.4 is 5.56 Å². The van der Waals surface area contributed by atoms with E-state index in [9.17, 15) is 9.59 Å². The number of aromatic nitrogens is 1. The van der Waals surface area contributed by atoms with Gasteiger partial charge < -0.3 is 4.57 Å². The summed E-state index contributed by atoms with van der Waals surface area (Å²) in [6.07, 6.45) is 0. The van der Waals surface area contributed by atoms with E-state index in [0.29, 0.717) is 0 Å². The van der Waals surface area contributed by atoms with Crippen LogP contribution in [0.5, 0.6) is 0 Å². The first-order valence-corrected chi connectivity index (χ1v) is 5.93. The summed E-state index contributed by atoms with van der Waals surface area (Å²) in [5.74, 6) is -0.176. The molecule has 0 saturated carbocycles. The summed E-state index contributed by atoms with van der Waals surface area (Å²) < 4.78 is 1.72. The topological polar surface area (TPSA) is 39.1 Å². The Hall–Kier alpha value is -1.38. The first kappa shape index (κ1) is 13.7. The third-order valence-corrected chi connectivity index (χ3v) is 2.78. The summed E-state index contributed by atoms with van der Waals surface area (Å²) in [6.45, 7) is 11.5. The van der Waals surface area contributed by atoms with Crippen LogP contribution in [0.25, 0.3) is 0 Å². The van der Waals surface area contributed by atoms with Gasteiger partial charge in [-0.15, -0.1) is 0 Å². The number of nitrogens with zero attached hydrogens (tertiary/aromatic N) is 1. The van der Waals surface area contributed by atoms with Gasteiger partial charge in [0, 0.05) is 17.2 Å². The quantitative estimate of drug-likeness (QED) is 0.739. The second kappa shape index (κ2) is 4.47. The van der Waals surface area contributed by atoms with Gasteiger partial charge in [0.05, 0.1) is 5.56 Å². The van der Waals surface area contributed by atoms with Crippen molar-refractivity contribution in [1.29, 1.82) is 0 Å². The molecule has 0 saturated heterocycles. The van der Waals surface area contributed by atoms with Gasteiger partial charge in [-0.05, 0) is 32.9 Å². The lowest BCUT2D eigenvalue weighted by Crippen LogP contribution is -2.33. The summed E-state index contributed by atoms with van der Waals surface area (Å²) in [5.41, 5.74) is 0.938. The Morgan fingerprint density at radius 1 is 1.24 bits per heavy atom. The first-order valence-electron chi connectivity index (χ1n) is 5.93. The van der Waals surface area contributed by atoms with Gasteiger partial charge >= 0.3 is 0 Å². The summed E-state index contributed by atoms with van der Waals surface area (Å²) in [4.78, 5) is 23.7. The summed E-state index contributed by atoms with van der Waals surface area (Å²) >= 11 is 0. The van der Waals surface area contributed by atoms with E-state index in [2.05, 4.69) is 20.8 Å². The van der Waals surface area contributed by atoms with Crippen LogP contribution in [0.2, 0.25) is 0 Å². The highest BCUT2D eigenvalue weighted by atomic mass is 16.1. The van der Waals surface area contributed by atoms with E-state index < -0.39 is 0 Å². The number of ketones is 1. The Morgan fingerprint density at radius 3 is 2.12 bits per heavy atom. The van der Waals surface area contributed by atoms with Crippen LogP contribution in [0, 0.1) is 0 Å². The predicted octanol–water partition coefficient (Wildman–Crippen LogP) is 2.93. The first-order chi connectivity index (χ1) is 7.66. The second-order valence-electron chi connectivity index (χ2n) is 5.71. The molecule has 17 heavy (non-hydrogen) atoms. The maximum absolute atomic E-state index is 12.3. The number of pyridine rings is 1. The molecule has 1 aromatic rings. The fourth-order valence-corrected chi connectivity index (χ4v) is 1.95. The fourth-order valence-electron chi connectivity index (χ4n) is 1.95. The maximum atomic E-state index is 12.3. The van der Waals surface area contributed by atoms with Crippen LogP contribution in [-0.2, 0) is 5.41 Å². The van der Waals surface area contributed by atoms with Crippen molar-refractivity contribution in [2.75, 3.05) is 0 Å². The molecule has 0 unspecified atom stereocenters. The largest absolute Gasteiger partial charge is 0.309 e. The highest BCUT2D eigenvalue weighted by molar-refractivity contribution is 5.93. The van der Waals surface area contributed by atoms with Gasteiger partial charge in [0.25, 0.3) is 5.56 Å². The van der Waals surface area contributed by atoms with E-state index in [4.69, 9.17) is 0 Å². The molecular weight excluding hydrogens is 214 g/mol.